The van der Waals surface area contributed by atoms with Gasteiger partial charge in [-0.3, -0.25) is 9.59 Å². The summed E-state index contributed by atoms with van der Waals surface area (Å²) in [6.45, 7) is 0.664. The van der Waals surface area contributed by atoms with E-state index >= 15 is 0 Å². The molecule has 0 saturated carbocycles. The number of benzene rings is 1. The Kier molecular flexibility index (Phi) is 3.89. The normalized spacial score (nSPS) is 14.1. The molecule has 2 N–H and O–H groups in total. The SMILES string of the molecule is O=C(Nc1ccnn1Cc1ccc2c(c1)OCO2)c1cc2c([nH]c1=O)CCC2. The number of aromatic amines is 1. The number of nitrogens with zero attached hydrogens (tertiary/aromatic N) is 2. The van der Waals surface area contributed by atoms with Crippen molar-refractivity contribution in [2.45, 2.75) is 25.8 Å². The maximum atomic E-state index is 12.7. The monoisotopic (exact) mass is 378 g/mol. The first-order valence-corrected chi connectivity index (χ1v) is 9.14. The molecule has 5 rings (SSSR count). The summed E-state index contributed by atoms with van der Waals surface area (Å²) in [5, 5.41) is 7.07. The number of hydrogen-bond donors (Lipinski definition) is 2. The van der Waals surface area contributed by atoms with Gasteiger partial charge in [0.05, 0.1) is 12.7 Å². The fourth-order valence-electron chi connectivity index (χ4n) is 3.64. The largest absolute Gasteiger partial charge is 0.454 e. The Hall–Kier alpha value is -3.55. The van der Waals surface area contributed by atoms with Crippen molar-refractivity contribution in [3.8, 4) is 11.5 Å². The molecular weight excluding hydrogens is 360 g/mol. The molecule has 8 heteroatoms. The molecule has 0 atom stereocenters. The average molecular weight is 378 g/mol. The van der Waals surface area contributed by atoms with Crippen molar-refractivity contribution in [3.05, 3.63) is 69.3 Å². The van der Waals surface area contributed by atoms with Gasteiger partial charge in [0.25, 0.3) is 11.5 Å². The zero-order chi connectivity index (χ0) is 19.1. The Morgan fingerprint density at radius 3 is 3.00 bits per heavy atom. The van der Waals surface area contributed by atoms with Gasteiger partial charge in [-0.1, -0.05) is 6.07 Å². The van der Waals surface area contributed by atoms with Gasteiger partial charge in [0, 0.05) is 11.8 Å². The highest BCUT2D eigenvalue weighted by Gasteiger charge is 2.19. The molecule has 0 fully saturated rings. The molecule has 142 valence electrons. The molecule has 0 bridgehead atoms. The van der Waals surface area contributed by atoms with Gasteiger partial charge < -0.3 is 19.8 Å². The summed E-state index contributed by atoms with van der Waals surface area (Å²) in [4.78, 5) is 27.8. The molecular formula is C20H18N4O4. The van der Waals surface area contributed by atoms with E-state index in [2.05, 4.69) is 15.4 Å². The van der Waals surface area contributed by atoms with E-state index in [0.29, 0.717) is 23.9 Å². The Bertz CT molecular complexity index is 1130. The van der Waals surface area contributed by atoms with Gasteiger partial charge in [0.2, 0.25) is 6.79 Å². The number of amides is 1. The zero-order valence-corrected chi connectivity index (χ0v) is 15.0. The minimum atomic E-state index is -0.441. The number of aromatic nitrogens is 3. The summed E-state index contributed by atoms with van der Waals surface area (Å²) in [7, 11) is 0. The predicted molar refractivity (Wildman–Crippen MR) is 101 cm³/mol. The fourth-order valence-corrected chi connectivity index (χ4v) is 3.64. The Morgan fingerprint density at radius 1 is 1.18 bits per heavy atom. The number of rotatable bonds is 4. The van der Waals surface area contributed by atoms with Gasteiger partial charge in [-0.15, -0.1) is 0 Å². The number of hydrogen-bond acceptors (Lipinski definition) is 5. The molecule has 1 aromatic carbocycles. The third kappa shape index (κ3) is 2.92. The number of nitrogens with one attached hydrogen (secondary N) is 2. The van der Waals surface area contributed by atoms with Crippen LogP contribution in [0.1, 0.15) is 33.6 Å². The van der Waals surface area contributed by atoms with Crippen LogP contribution in [0.25, 0.3) is 0 Å². The first kappa shape index (κ1) is 16.6. The highest BCUT2D eigenvalue weighted by molar-refractivity contribution is 6.03. The quantitative estimate of drug-likeness (QED) is 0.724. The summed E-state index contributed by atoms with van der Waals surface area (Å²) in [5.41, 5.74) is 2.70. The summed E-state index contributed by atoms with van der Waals surface area (Å²) < 4.78 is 12.4. The molecule has 0 spiro atoms. The van der Waals surface area contributed by atoms with Crippen molar-refractivity contribution < 1.29 is 14.3 Å². The Balaban J connectivity index is 1.37. The molecule has 2 aromatic heterocycles. The van der Waals surface area contributed by atoms with E-state index in [-0.39, 0.29) is 17.9 Å². The van der Waals surface area contributed by atoms with Crippen LogP contribution >= 0.6 is 0 Å². The highest BCUT2D eigenvalue weighted by atomic mass is 16.7. The van der Waals surface area contributed by atoms with E-state index in [9.17, 15) is 9.59 Å². The number of ether oxygens (including phenoxy) is 2. The summed E-state index contributed by atoms with van der Waals surface area (Å²) in [6.07, 6.45) is 4.34. The number of carbonyl (C=O) groups excluding carboxylic acids is 1. The lowest BCUT2D eigenvalue weighted by Crippen LogP contribution is -2.25. The molecule has 8 nitrogen and oxygen atoms in total. The third-order valence-corrected chi connectivity index (χ3v) is 5.06. The van der Waals surface area contributed by atoms with Crippen molar-refractivity contribution in [1.29, 1.82) is 0 Å². The molecule has 0 unspecified atom stereocenters. The van der Waals surface area contributed by atoms with Gasteiger partial charge in [0.1, 0.15) is 11.4 Å². The lowest BCUT2D eigenvalue weighted by Gasteiger charge is -2.10. The van der Waals surface area contributed by atoms with Crippen molar-refractivity contribution in [2.75, 3.05) is 12.1 Å². The van der Waals surface area contributed by atoms with Gasteiger partial charge in [-0.2, -0.15) is 5.10 Å². The van der Waals surface area contributed by atoms with Gasteiger partial charge in [0.15, 0.2) is 11.5 Å². The van der Waals surface area contributed by atoms with Crippen LogP contribution in [-0.4, -0.2) is 27.5 Å². The lowest BCUT2D eigenvalue weighted by atomic mass is 10.1. The Morgan fingerprint density at radius 2 is 2.07 bits per heavy atom. The van der Waals surface area contributed by atoms with Gasteiger partial charge in [-0.25, -0.2) is 4.68 Å². The van der Waals surface area contributed by atoms with E-state index < -0.39 is 5.91 Å². The highest BCUT2D eigenvalue weighted by Crippen LogP contribution is 2.32. The predicted octanol–water partition coefficient (Wildman–Crippen LogP) is 2.09. The molecule has 28 heavy (non-hydrogen) atoms. The third-order valence-electron chi connectivity index (χ3n) is 5.06. The van der Waals surface area contributed by atoms with E-state index in [1.165, 1.54) is 0 Å². The van der Waals surface area contributed by atoms with Crippen LogP contribution < -0.4 is 20.3 Å². The minimum absolute atomic E-state index is 0.122. The summed E-state index contributed by atoms with van der Waals surface area (Å²) >= 11 is 0. The van der Waals surface area contributed by atoms with Crippen LogP contribution in [0.5, 0.6) is 11.5 Å². The lowest BCUT2D eigenvalue weighted by molar-refractivity contribution is 0.102. The van der Waals surface area contributed by atoms with Crippen LogP contribution in [0, 0.1) is 0 Å². The molecule has 0 radical (unpaired) electrons. The number of aryl methyl sites for hydroxylation is 2. The second-order valence-corrected chi connectivity index (χ2v) is 6.89. The number of pyridine rings is 1. The van der Waals surface area contributed by atoms with Crippen LogP contribution in [0.15, 0.2) is 41.3 Å². The molecule has 1 aliphatic carbocycles. The first-order chi connectivity index (χ1) is 13.7. The van der Waals surface area contributed by atoms with Crippen molar-refractivity contribution in [3.63, 3.8) is 0 Å². The maximum Gasteiger partial charge on any atom is 0.262 e. The fraction of sp³-hybridized carbons (Fsp3) is 0.250. The van der Waals surface area contributed by atoms with E-state index in [1.54, 1.807) is 23.0 Å². The van der Waals surface area contributed by atoms with Crippen LogP contribution in [-0.2, 0) is 19.4 Å². The van der Waals surface area contributed by atoms with Crippen LogP contribution in [0.3, 0.4) is 0 Å². The van der Waals surface area contributed by atoms with E-state index in [0.717, 1.165) is 36.1 Å². The number of H-pyrrole nitrogens is 1. The molecule has 1 amide bonds. The zero-order valence-electron chi connectivity index (χ0n) is 15.0. The molecule has 3 heterocycles. The first-order valence-electron chi connectivity index (χ1n) is 9.14. The molecule has 0 saturated heterocycles. The number of carbonyl (C=O) groups is 1. The minimum Gasteiger partial charge on any atom is -0.454 e. The van der Waals surface area contributed by atoms with Crippen molar-refractivity contribution in [1.82, 2.24) is 14.8 Å². The maximum absolute atomic E-state index is 12.7. The number of fused-ring (bicyclic) bond motifs is 2. The van der Waals surface area contributed by atoms with Crippen molar-refractivity contribution >= 4 is 11.7 Å². The van der Waals surface area contributed by atoms with E-state index in [1.807, 2.05) is 18.2 Å². The molecule has 1 aliphatic heterocycles. The van der Waals surface area contributed by atoms with Crippen LogP contribution in [0.2, 0.25) is 0 Å². The van der Waals surface area contributed by atoms with Crippen molar-refractivity contribution in [2.24, 2.45) is 0 Å². The smallest absolute Gasteiger partial charge is 0.262 e. The summed E-state index contributed by atoms with van der Waals surface area (Å²) in [6, 6.07) is 9.07. The second kappa shape index (κ2) is 6.56. The average Bonchev–Trinajstić information content (AvgIpc) is 3.42. The van der Waals surface area contributed by atoms with Crippen LogP contribution in [0.4, 0.5) is 5.82 Å². The number of anilines is 1. The standard InChI is InChI=1S/C20H18N4O4/c25-19-14(9-13-2-1-3-15(13)22-19)20(26)23-18-6-7-21-24(18)10-12-4-5-16-17(8-12)28-11-27-16/h4-9H,1-3,10-11H2,(H,22,25)(H,23,26). The van der Waals surface area contributed by atoms with Gasteiger partial charge in [-0.05, 0) is 48.6 Å². The molecule has 2 aliphatic rings. The molecule has 3 aromatic rings. The van der Waals surface area contributed by atoms with E-state index in [4.69, 9.17) is 9.47 Å². The second-order valence-electron chi connectivity index (χ2n) is 6.89. The summed E-state index contributed by atoms with van der Waals surface area (Å²) in [5.74, 6) is 1.49. The van der Waals surface area contributed by atoms with Gasteiger partial charge >= 0.3 is 0 Å². The Labute approximate surface area is 160 Å². The topological polar surface area (TPSA) is 98.2 Å².